The Labute approximate surface area is 189 Å². The lowest BCUT2D eigenvalue weighted by Gasteiger charge is -2.16. The number of carbonyl (C=O) groups excluding carboxylic acids is 2. The molecule has 4 rings (SSSR count). The summed E-state index contributed by atoms with van der Waals surface area (Å²) in [6.45, 7) is 1.92. The van der Waals surface area contributed by atoms with Gasteiger partial charge in [-0.2, -0.15) is 0 Å². The van der Waals surface area contributed by atoms with Gasteiger partial charge >= 0.3 is 12.1 Å². The Kier molecular flexibility index (Phi) is 6.39. The molecule has 2 aromatic carbocycles. The fraction of sp³-hybridized carbons (Fsp3) is 0.250. The van der Waals surface area contributed by atoms with Crippen molar-refractivity contribution in [3.8, 4) is 11.1 Å². The van der Waals surface area contributed by atoms with Crippen LogP contribution in [-0.4, -0.2) is 41.4 Å². The third kappa shape index (κ3) is 4.87. The Morgan fingerprint density at radius 3 is 2.30 bits per heavy atom. The molecule has 0 bridgehead atoms. The summed E-state index contributed by atoms with van der Waals surface area (Å²) in [5, 5.41) is 17.4. The smallest absolute Gasteiger partial charge is 0.407 e. The van der Waals surface area contributed by atoms with Gasteiger partial charge in [-0.1, -0.05) is 60.6 Å². The van der Waals surface area contributed by atoms with E-state index >= 15 is 0 Å². The number of amides is 2. The first-order valence-electron chi connectivity index (χ1n) is 10.5. The van der Waals surface area contributed by atoms with Crippen LogP contribution in [0.25, 0.3) is 11.1 Å². The predicted molar refractivity (Wildman–Crippen MR) is 118 cm³/mol. The Balaban J connectivity index is 1.25. The number of rotatable bonds is 8. The topological polar surface area (TPSA) is 131 Å². The summed E-state index contributed by atoms with van der Waals surface area (Å²) in [7, 11) is 0. The van der Waals surface area contributed by atoms with Gasteiger partial charge in [0.1, 0.15) is 6.61 Å². The van der Waals surface area contributed by atoms with Crippen molar-refractivity contribution >= 4 is 18.0 Å². The SMILES string of the molecule is CC(CNC(=O)OCC1c2ccccc2-c2ccccc21)C(=O)NCc1cc(C(=O)O)no1. The van der Waals surface area contributed by atoms with Crippen molar-refractivity contribution in [3.05, 3.63) is 77.2 Å². The van der Waals surface area contributed by atoms with E-state index in [1.807, 2.05) is 36.4 Å². The van der Waals surface area contributed by atoms with E-state index in [2.05, 4.69) is 27.9 Å². The summed E-state index contributed by atoms with van der Waals surface area (Å²) in [6.07, 6.45) is -0.599. The molecule has 1 atom stereocenters. The van der Waals surface area contributed by atoms with E-state index < -0.39 is 18.0 Å². The molecule has 2 amide bonds. The third-order valence-electron chi connectivity index (χ3n) is 5.56. The second-order valence-corrected chi connectivity index (χ2v) is 7.81. The van der Waals surface area contributed by atoms with Crippen molar-refractivity contribution in [1.82, 2.24) is 15.8 Å². The van der Waals surface area contributed by atoms with E-state index in [-0.39, 0.29) is 43.0 Å². The molecule has 9 heteroatoms. The van der Waals surface area contributed by atoms with Crippen LogP contribution in [0.3, 0.4) is 0 Å². The van der Waals surface area contributed by atoms with Crippen molar-refractivity contribution in [3.63, 3.8) is 0 Å². The Hall–Kier alpha value is -4.14. The lowest BCUT2D eigenvalue weighted by molar-refractivity contribution is -0.124. The summed E-state index contributed by atoms with van der Waals surface area (Å²) >= 11 is 0. The van der Waals surface area contributed by atoms with Gasteiger partial charge in [0.2, 0.25) is 5.91 Å². The summed E-state index contributed by atoms with van der Waals surface area (Å²) in [5.41, 5.74) is 4.31. The molecular weight excluding hydrogens is 426 g/mol. The molecule has 3 aromatic rings. The van der Waals surface area contributed by atoms with Crippen LogP contribution in [0, 0.1) is 5.92 Å². The number of carbonyl (C=O) groups is 3. The monoisotopic (exact) mass is 449 g/mol. The van der Waals surface area contributed by atoms with Crippen LogP contribution in [0.15, 0.2) is 59.1 Å². The third-order valence-corrected chi connectivity index (χ3v) is 5.56. The number of carboxylic acids is 1. The van der Waals surface area contributed by atoms with Crippen LogP contribution < -0.4 is 10.6 Å². The summed E-state index contributed by atoms with van der Waals surface area (Å²) < 4.78 is 10.3. The molecule has 0 radical (unpaired) electrons. The van der Waals surface area contributed by atoms with Gasteiger partial charge in [-0.25, -0.2) is 9.59 Å². The number of hydrogen-bond acceptors (Lipinski definition) is 6. The number of nitrogens with one attached hydrogen (secondary N) is 2. The minimum Gasteiger partial charge on any atom is -0.476 e. The van der Waals surface area contributed by atoms with E-state index in [1.165, 1.54) is 6.07 Å². The zero-order chi connectivity index (χ0) is 23.4. The number of carboxylic acid groups (broad SMARTS) is 1. The van der Waals surface area contributed by atoms with Crippen LogP contribution >= 0.6 is 0 Å². The number of nitrogens with zero attached hydrogens (tertiary/aromatic N) is 1. The first-order valence-corrected chi connectivity index (χ1v) is 10.5. The maximum atomic E-state index is 12.3. The molecule has 0 spiro atoms. The van der Waals surface area contributed by atoms with E-state index in [0.29, 0.717) is 0 Å². The quantitative estimate of drug-likeness (QED) is 0.481. The molecular formula is C24H23N3O6. The standard InChI is InChI=1S/C24H23N3O6/c1-14(22(28)25-12-15-10-21(23(29)30)27-33-15)11-26-24(31)32-13-20-18-8-4-2-6-16(18)17-7-3-5-9-19(17)20/h2-10,14,20H,11-13H2,1H3,(H,25,28)(H,26,31)(H,29,30). The predicted octanol–water partition coefficient (Wildman–Crippen LogP) is 3.16. The molecule has 3 N–H and O–H groups in total. The van der Waals surface area contributed by atoms with Crippen molar-refractivity contribution in [2.45, 2.75) is 19.4 Å². The first kappa shape index (κ1) is 22.1. The lowest BCUT2D eigenvalue weighted by Crippen LogP contribution is -2.37. The van der Waals surface area contributed by atoms with Crippen molar-refractivity contribution < 1.29 is 28.8 Å². The number of fused-ring (bicyclic) bond motifs is 3. The lowest BCUT2D eigenvalue weighted by atomic mass is 9.98. The number of benzene rings is 2. The number of ether oxygens (including phenoxy) is 1. The van der Waals surface area contributed by atoms with Gasteiger partial charge in [-0.15, -0.1) is 0 Å². The van der Waals surface area contributed by atoms with E-state index in [9.17, 15) is 14.4 Å². The zero-order valence-electron chi connectivity index (χ0n) is 17.9. The number of aromatic nitrogens is 1. The van der Waals surface area contributed by atoms with E-state index in [0.717, 1.165) is 22.3 Å². The van der Waals surface area contributed by atoms with Crippen molar-refractivity contribution in [2.24, 2.45) is 5.92 Å². The summed E-state index contributed by atoms with van der Waals surface area (Å²) in [6, 6.07) is 17.4. The highest BCUT2D eigenvalue weighted by atomic mass is 16.5. The first-order chi connectivity index (χ1) is 15.9. The highest BCUT2D eigenvalue weighted by molar-refractivity contribution is 5.85. The fourth-order valence-corrected chi connectivity index (χ4v) is 3.82. The van der Waals surface area contributed by atoms with E-state index in [4.69, 9.17) is 14.4 Å². The minimum atomic E-state index is -1.21. The Bertz CT molecular complexity index is 1140. The van der Waals surface area contributed by atoms with E-state index in [1.54, 1.807) is 6.92 Å². The molecule has 0 saturated heterocycles. The summed E-state index contributed by atoms with van der Waals surface area (Å²) in [5.74, 6) is -1.90. The van der Waals surface area contributed by atoms with Crippen LogP contribution in [0.2, 0.25) is 0 Å². The largest absolute Gasteiger partial charge is 0.476 e. The maximum Gasteiger partial charge on any atom is 0.407 e. The van der Waals surface area contributed by atoms with Crippen LogP contribution in [-0.2, 0) is 16.1 Å². The maximum absolute atomic E-state index is 12.3. The van der Waals surface area contributed by atoms with Gasteiger partial charge in [0.05, 0.1) is 12.5 Å². The second-order valence-electron chi connectivity index (χ2n) is 7.81. The molecule has 0 saturated carbocycles. The Morgan fingerprint density at radius 1 is 1.06 bits per heavy atom. The minimum absolute atomic E-state index is 0.00556. The molecule has 33 heavy (non-hydrogen) atoms. The molecule has 9 nitrogen and oxygen atoms in total. The van der Waals surface area contributed by atoms with Gasteiger partial charge in [0.15, 0.2) is 11.5 Å². The highest BCUT2D eigenvalue weighted by Crippen LogP contribution is 2.44. The molecule has 1 unspecified atom stereocenters. The van der Waals surface area contributed by atoms with Crippen LogP contribution in [0.5, 0.6) is 0 Å². The molecule has 1 heterocycles. The van der Waals surface area contributed by atoms with Crippen molar-refractivity contribution in [1.29, 1.82) is 0 Å². The van der Waals surface area contributed by atoms with Crippen LogP contribution in [0.4, 0.5) is 4.79 Å². The number of aromatic carboxylic acids is 1. The van der Waals surface area contributed by atoms with Crippen molar-refractivity contribution in [2.75, 3.05) is 13.2 Å². The number of alkyl carbamates (subject to hydrolysis) is 1. The molecule has 1 aliphatic rings. The Morgan fingerprint density at radius 2 is 1.70 bits per heavy atom. The number of hydrogen-bond donors (Lipinski definition) is 3. The zero-order valence-corrected chi connectivity index (χ0v) is 17.9. The molecule has 170 valence electrons. The second kappa shape index (κ2) is 9.56. The average molecular weight is 449 g/mol. The summed E-state index contributed by atoms with van der Waals surface area (Å²) in [4.78, 5) is 35.3. The van der Waals surface area contributed by atoms with Gasteiger partial charge in [0, 0.05) is 18.5 Å². The van der Waals surface area contributed by atoms with Gasteiger partial charge < -0.3 is 25.0 Å². The normalized spacial score (nSPS) is 13.0. The fourth-order valence-electron chi connectivity index (χ4n) is 3.82. The van der Waals surface area contributed by atoms with Gasteiger partial charge in [-0.05, 0) is 22.3 Å². The molecule has 1 aliphatic carbocycles. The van der Waals surface area contributed by atoms with Gasteiger partial charge in [-0.3, -0.25) is 4.79 Å². The van der Waals surface area contributed by atoms with Gasteiger partial charge in [0.25, 0.3) is 0 Å². The molecule has 0 aliphatic heterocycles. The molecule has 1 aromatic heterocycles. The molecule has 0 fully saturated rings. The highest BCUT2D eigenvalue weighted by Gasteiger charge is 2.29. The average Bonchev–Trinajstić information content (AvgIpc) is 3.43. The van der Waals surface area contributed by atoms with Crippen LogP contribution in [0.1, 0.15) is 40.2 Å².